The summed E-state index contributed by atoms with van der Waals surface area (Å²) in [4.78, 5) is 2.56. The number of hydrogen-bond donors (Lipinski definition) is 1. The Bertz CT molecular complexity index is 288. The second-order valence-corrected chi connectivity index (χ2v) is 6.59. The van der Waals surface area contributed by atoms with Gasteiger partial charge in [0.05, 0.1) is 12.2 Å². The first kappa shape index (κ1) is 16.2. The molecule has 0 aromatic rings. The lowest BCUT2D eigenvalue weighted by Crippen LogP contribution is -2.53. The zero-order valence-corrected chi connectivity index (χ0v) is 13.4. The van der Waals surface area contributed by atoms with E-state index >= 15 is 0 Å². The largest absolute Gasteiger partial charge is 0.377 e. The van der Waals surface area contributed by atoms with E-state index in [1.807, 2.05) is 0 Å². The summed E-state index contributed by atoms with van der Waals surface area (Å²) >= 11 is 0. The van der Waals surface area contributed by atoms with Crippen LogP contribution in [-0.2, 0) is 9.47 Å². The van der Waals surface area contributed by atoms with E-state index in [1.54, 1.807) is 14.2 Å². The van der Waals surface area contributed by atoms with Crippen LogP contribution in [0.5, 0.6) is 0 Å². The molecule has 4 unspecified atom stereocenters. The van der Waals surface area contributed by atoms with Gasteiger partial charge in [-0.2, -0.15) is 0 Å². The highest BCUT2D eigenvalue weighted by Gasteiger charge is 2.44. The van der Waals surface area contributed by atoms with Gasteiger partial charge in [0.15, 0.2) is 0 Å². The Hall–Kier alpha value is -0.160. The predicted molar refractivity (Wildman–Crippen MR) is 81.8 cm³/mol. The molecule has 2 aliphatic rings. The second kappa shape index (κ2) is 7.21. The summed E-state index contributed by atoms with van der Waals surface area (Å²) in [6, 6.07) is 0. The number of methoxy groups -OCH3 is 2. The molecule has 0 amide bonds. The maximum Gasteiger partial charge on any atom is 0.0972 e. The maximum atomic E-state index is 6.22. The lowest BCUT2D eigenvalue weighted by Gasteiger charge is -2.41. The fourth-order valence-corrected chi connectivity index (χ4v) is 4.10. The monoisotopic (exact) mass is 284 g/mol. The molecule has 0 bridgehead atoms. The number of nitrogens with zero attached hydrogens (tertiary/aromatic N) is 1. The van der Waals surface area contributed by atoms with E-state index in [4.69, 9.17) is 15.2 Å². The molecule has 1 saturated carbocycles. The molecule has 1 saturated heterocycles. The highest BCUT2D eigenvalue weighted by Crippen LogP contribution is 2.37. The molecule has 2 N–H and O–H groups in total. The zero-order valence-electron chi connectivity index (χ0n) is 13.4. The van der Waals surface area contributed by atoms with Crippen molar-refractivity contribution in [2.24, 2.45) is 11.7 Å². The van der Waals surface area contributed by atoms with Gasteiger partial charge in [0.25, 0.3) is 0 Å². The third kappa shape index (κ3) is 3.19. The van der Waals surface area contributed by atoms with Crippen molar-refractivity contribution in [2.45, 2.75) is 63.2 Å². The molecule has 1 heterocycles. The van der Waals surface area contributed by atoms with Crippen molar-refractivity contribution in [3.63, 3.8) is 0 Å². The highest BCUT2D eigenvalue weighted by molar-refractivity contribution is 5.00. The van der Waals surface area contributed by atoms with Crippen LogP contribution in [-0.4, -0.2) is 56.5 Å². The summed E-state index contributed by atoms with van der Waals surface area (Å²) in [6.07, 6.45) is 8.14. The molecule has 1 aliphatic carbocycles. The van der Waals surface area contributed by atoms with Crippen LogP contribution < -0.4 is 5.73 Å². The molecule has 2 rings (SSSR count). The van der Waals surface area contributed by atoms with Crippen LogP contribution in [0.3, 0.4) is 0 Å². The molecular formula is C16H32N2O2. The van der Waals surface area contributed by atoms with Crippen molar-refractivity contribution in [1.29, 1.82) is 0 Å². The Labute approximate surface area is 124 Å². The molecule has 1 aliphatic heterocycles. The van der Waals surface area contributed by atoms with Crippen molar-refractivity contribution >= 4 is 0 Å². The molecule has 0 spiro atoms. The smallest absolute Gasteiger partial charge is 0.0972 e. The van der Waals surface area contributed by atoms with Crippen LogP contribution >= 0.6 is 0 Å². The molecule has 2 fully saturated rings. The molecule has 4 heteroatoms. The quantitative estimate of drug-likeness (QED) is 0.785. The molecule has 0 radical (unpaired) electrons. The molecule has 118 valence electrons. The van der Waals surface area contributed by atoms with Crippen molar-refractivity contribution < 1.29 is 9.47 Å². The SMILES string of the molecule is CCC1CCCC(CN)(N2CC(OC)C(OC)C2)CC1. The Kier molecular flexibility index (Phi) is 5.84. The van der Waals surface area contributed by atoms with Crippen LogP contribution in [0.15, 0.2) is 0 Å². The van der Waals surface area contributed by atoms with Crippen molar-refractivity contribution in [2.75, 3.05) is 33.9 Å². The summed E-state index contributed by atoms with van der Waals surface area (Å²) in [6.45, 7) is 5.00. The number of nitrogens with two attached hydrogens (primary N) is 1. The molecule has 0 aromatic heterocycles. The highest BCUT2D eigenvalue weighted by atomic mass is 16.5. The minimum absolute atomic E-state index is 0.175. The second-order valence-electron chi connectivity index (χ2n) is 6.59. The van der Waals surface area contributed by atoms with Gasteiger partial charge < -0.3 is 15.2 Å². The van der Waals surface area contributed by atoms with Crippen LogP contribution in [0.25, 0.3) is 0 Å². The number of ether oxygens (including phenoxy) is 2. The van der Waals surface area contributed by atoms with E-state index in [0.717, 1.165) is 25.6 Å². The van der Waals surface area contributed by atoms with Crippen molar-refractivity contribution in [3.05, 3.63) is 0 Å². The van der Waals surface area contributed by atoms with E-state index in [0.29, 0.717) is 0 Å². The minimum Gasteiger partial charge on any atom is -0.377 e. The lowest BCUT2D eigenvalue weighted by atomic mass is 9.87. The van der Waals surface area contributed by atoms with E-state index in [2.05, 4.69) is 11.8 Å². The Morgan fingerprint density at radius 1 is 1.10 bits per heavy atom. The van der Waals surface area contributed by atoms with Gasteiger partial charge in [0.2, 0.25) is 0 Å². The van der Waals surface area contributed by atoms with Crippen LogP contribution in [0.1, 0.15) is 45.4 Å². The summed E-state index contributed by atoms with van der Waals surface area (Å²) in [5, 5.41) is 0. The molecule has 20 heavy (non-hydrogen) atoms. The lowest BCUT2D eigenvalue weighted by molar-refractivity contribution is -0.00461. The van der Waals surface area contributed by atoms with Gasteiger partial charge in [-0.1, -0.05) is 26.2 Å². The standard InChI is InChI=1S/C16H32N2O2/c1-4-13-6-5-8-16(12-17,9-7-13)18-10-14(19-2)15(11-18)20-3/h13-15H,4-12,17H2,1-3H3. The van der Waals surface area contributed by atoms with Gasteiger partial charge in [-0.25, -0.2) is 0 Å². The van der Waals surface area contributed by atoms with Gasteiger partial charge in [-0.3, -0.25) is 4.90 Å². The topological polar surface area (TPSA) is 47.7 Å². The zero-order chi connectivity index (χ0) is 14.6. The van der Waals surface area contributed by atoms with Crippen LogP contribution in [0, 0.1) is 5.92 Å². The Morgan fingerprint density at radius 3 is 2.25 bits per heavy atom. The molecule has 4 atom stereocenters. The van der Waals surface area contributed by atoms with Gasteiger partial charge in [0.1, 0.15) is 0 Å². The van der Waals surface area contributed by atoms with Crippen LogP contribution in [0.4, 0.5) is 0 Å². The Morgan fingerprint density at radius 2 is 1.75 bits per heavy atom. The summed E-state index contributed by atoms with van der Waals surface area (Å²) in [5.41, 5.74) is 6.40. The Balaban J connectivity index is 2.07. The van der Waals surface area contributed by atoms with Crippen molar-refractivity contribution in [3.8, 4) is 0 Å². The number of likely N-dealkylation sites (tertiary alicyclic amines) is 1. The van der Waals surface area contributed by atoms with Crippen LogP contribution in [0.2, 0.25) is 0 Å². The van der Waals surface area contributed by atoms with E-state index in [9.17, 15) is 0 Å². The normalized spacial score (nSPS) is 39.9. The third-order valence-corrected chi connectivity index (χ3v) is 5.72. The average Bonchev–Trinajstić information content (AvgIpc) is 2.80. The number of rotatable bonds is 5. The van der Waals surface area contributed by atoms with Gasteiger partial charge in [0, 0.05) is 39.4 Å². The van der Waals surface area contributed by atoms with Gasteiger partial charge >= 0.3 is 0 Å². The van der Waals surface area contributed by atoms with E-state index in [1.165, 1.54) is 38.5 Å². The van der Waals surface area contributed by atoms with Crippen molar-refractivity contribution in [1.82, 2.24) is 4.90 Å². The maximum absolute atomic E-state index is 6.22. The first-order valence-corrected chi connectivity index (χ1v) is 8.19. The summed E-state index contributed by atoms with van der Waals surface area (Å²) in [5.74, 6) is 0.891. The number of hydrogen-bond acceptors (Lipinski definition) is 4. The first-order chi connectivity index (χ1) is 9.69. The minimum atomic E-state index is 0.175. The molecule has 4 nitrogen and oxygen atoms in total. The summed E-state index contributed by atoms with van der Waals surface area (Å²) < 4.78 is 11.2. The molecular weight excluding hydrogens is 252 g/mol. The predicted octanol–water partition coefficient (Wildman–Crippen LogP) is 2.02. The molecule has 0 aromatic carbocycles. The van der Waals surface area contributed by atoms with E-state index in [-0.39, 0.29) is 17.7 Å². The fourth-order valence-electron chi connectivity index (χ4n) is 4.10. The summed E-state index contributed by atoms with van der Waals surface area (Å²) in [7, 11) is 3.57. The van der Waals surface area contributed by atoms with Gasteiger partial charge in [-0.15, -0.1) is 0 Å². The first-order valence-electron chi connectivity index (χ1n) is 8.19. The van der Waals surface area contributed by atoms with Gasteiger partial charge in [-0.05, 0) is 25.2 Å². The fraction of sp³-hybridized carbons (Fsp3) is 1.00. The average molecular weight is 284 g/mol. The van der Waals surface area contributed by atoms with E-state index < -0.39 is 0 Å². The third-order valence-electron chi connectivity index (χ3n) is 5.72.